The topological polar surface area (TPSA) is 24.4 Å². The van der Waals surface area contributed by atoms with Gasteiger partial charge >= 0.3 is 0 Å². The summed E-state index contributed by atoms with van der Waals surface area (Å²) in [5.74, 6) is 1.32. The number of allylic oxidation sites excluding steroid dienone is 2. The first-order chi connectivity index (χ1) is 30.4. The molecule has 3 atom stereocenters. The van der Waals surface area contributed by atoms with Gasteiger partial charge in [-0.3, -0.25) is 4.99 Å². The van der Waals surface area contributed by atoms with Crippen molar-refractivity contribution in [3.63, 3.8) is 0 Å². The highest BCUT2D eigenvalue weighted by Gasteiger charge is 2.37. The summed E-state index contributed by atoms with van der Waals surface area (Å²) in [7, 11) is 0. The van der Waals surface area contributed by atoms with Crippen molar-refractivity contribution in [2.24, 2.45) is 10.9 Å². The van der Waals surface area contributed by atoms with Crippen LogP contribution in [0.15, 0.2) is 174 Å². The summed E-state index contributed by atoms with van der Waals surface area (Å²) < 4.78 is 5.32. The van der Waals surface area contributed by atoms with Crippen molar-refractivity contribution in [1.29, 1.82) is 0 Å². The third-order valence-corrected chi connectivity index (χ3v) is 16.4. The Bertz CT molecular complexity index is 3220. The molecule has 0 radical (unpaired) electrons. The number of amidine groups is 1. The first kappa shape index (κ1) is 37.7. The SMILES string of the molecule is CCC1CC(C2=CCCC=C2)NC(c2ccc3c(c2)C(C)(C)c2ccccc2-3)=NC1c1cc(-c2ccc3sc4ccccc4c3c2)cc(-c2ccc3sc4ccccc4c3c2)c1. The number of thiophene rings is 2. The fourth-order valence-corrected chi connectivity index (χ4v) is 12.9. The highest BCUT2D eigenvalue weighted by atomic mass is 32.1. The third-order valence-electron chi connectivity index (χ3n) is 14.1. The van der Waals surface area contributed by atoms with Gasteiger partial charge < -0.3 is 5.32 Å². The molecule has 3 heterocycles. The Kier molecular flexibility index (Phi) is 8.99. The number of nitrogens with one attached hydrogen (secondary N) is 1. The van der Waals surface area contributed by atoms with E-state index >= 15 is 0 Å². The van der Waals surface area contributed by atoms with Crippen LogP contribution < -0.4 is 5.32 Å². The van der Waals surface area contributed by atoms with Crippen LogP contribution in [0.3, 0.4) is 0 Å². The molecular formula is C58H48N2S2. The van der Waals surface area contributed by atoms with E-state index in [0.29, 0.717) is 5.92 Å². The molecule has 62 heavy (non-hydrogen) atoms. The summed E-state index contributed by atoms with van der Waals surface area (Å²) in [4.78, 5) is 5.93. The van der Waals surface area contributed by atoms with Crippen LogP contribution in [0.25, 0.3) is 73.7 Å². The van der Waals surface area contributed by atoms with Gasteiger partial charge in [0.25, 0.3) is 0 Å². The highest BCUT2D eigenvalue weighted by molar-refractivity contribution is 7.26. The van der Waals surface area contributed by atoms with Crippen molar-refractivity contribution < 1.29 is 0 Å². The fourth-order valence-electron chi connectivity index (χ4n) is 10.8. The lowest BCUT2D eigenvalue weighted by Crippen LogP contribution is -2.36. The monoisotopic (exact) mass is 836 g/mol. The van der Waals surface area contributed by atoms with Gasteiger partial charge in [-0.15, -0.1) is 22.7 Å². The number of hydrogen-bond acceptors (Lipinski definition) is 4. The van der Waals surface area contributed by atoms with Crippen LogP contribution in [0.1, 0.15) is 74.8 Å². The average Bonchev–Trinajstić information content (AvgIpc) is 3.90. The molecule has 12 rings (SSSR count). The number of aliphatic imine (C=N–C) groups is 1. The standard InChI is InChI=1S/C58H48N2S2/c1-4-35-34-51(36-14-6-5-7-15-36)59-57(39-22-25-44-43-16-8-11-19-49(43)58(2,3)50(44)33-39)60-56(35)42-29-40(37-23-26-54-47(31-37)45-17-9-12-20-52(45)61-54)28-41(30-42)38-24-27-55-48(32-38)46-18-10-13-21-53(46)62-55/h6,8-33,35,51,56H,4-5,7,34H2,1-3H3,(H,59,60). The second-order valence-electron chi connectivity index (χ2n) is 18.1. The maximum absolute atomic E-state index is 5.93. The molecule has 0 fully saturated rings. The molecule has 2 aliphatic carbocycles. The van der Waals surface area contributed by atoms with Gasteiger partial charge in [-0.1, -0.05) is 130 Å². The Morgan fingerprint density at radius 1 is 0.581 bits per heavy atom. The van der Waals surface area contributed by atoms with Gasteiger partial charge in [0.1, 0.15) is 5.84 Å². The van der Waals surface area contributed by atoms with E-state index in [2.05, 4.69) is 190 Å². The lowest BCUT2D eigenvalue weighted by molar-refractivity contribution is 0.378. The Morgan fingerprint density at radius 2 is 1.19 bits per heavy atom. The van der Waals surface area contributed by atoms with Crippen molar-refractivity contribution in [2.45, 2.75) is 64.0 Å². The number of fused-ring (bicyclic) bond motifs is 9. The summed E-state index contributed by atoms with van der Waals surface area (Å²) >= 11 is 3.76. The van der Waals surface area contributed by atoms with Crippen LogP contribution in [-0.4, -0.2) is 11.9 Å². The third kappa shape index (κ3) is 6.21. The maximum Gasteiger partial charge on any atom is 0.129 e. The number of hydrogen-bond donors (Lipinski definition) is 1. The Labute approximate surface area is 372 Å². The molecule has 7 aromatic carbocycles. The quantitative estimate of drug-likeness (QED) is 0.177. The van der Waals surface area contributed by atoms with Gasteiger partial charge in [-0.25, -0.2) is 0 Å². The lowest BCUT2D eigenvalue weighted by Gasteiger charge is -2.27. The number of rotatable bonds is 6. The molecule has 9 aromatic rings. The minimum absolute atomic E-state index is 0.0470. The van der Waals surface area contributed by atoms with Crippen molar-refractivity contribution in [2.75, 3.05) is 0 Å². The molecule has 302 valence electrons. The smallest absolute Gasteiger partial charge is 0.129 e. The summed E-state index contributed by atoms with van der Waals surface area (Å²) in [5.41, 5.74) is 14.1. The maximum atomic E-state index is 5.93. The summed E-state index contributed by atoms with van der Waals surface area (Å²) in [6.45, 7) is 7.12. The zero-order valence-corrected chi connectivity index (χ0v) is 37.0. The van der Waals surface area contributed by atoms with E-state index in [4.69, 9.17) is 4.99 Å². The summed E-state index contributed by atoms with van der Waals surface area (Å²) in [6, 6.07) is 55.4. The molecule has 1 N–H and O–H groups in total. The van der Waals surface area contributed by atoms with E-state index in [1.165, 1.54) is 96.0 Å². The van der Waals surface area contributed by atoms with Crippen molar-refractivity contribution in [3.05, 3.63) is 192 Å². The minimum atomic E-state index is -0.0976. The average molecular weight is 837 g/mol. The van der Waals surface area contributed by atoms with Crippen molar-refractivity contribution in [3.8, 4) is 33.4 Å². The zero-order valence-electron chi connectivity index (χ0n) is 35.4. The van der Waals surface area contributed by atoms with Crippen LogP contribution in [0.5, 0.6) is 0 Å². The van der Waals surface area contributed by atoms with E-state index in [1.807, 2.05) is 22.7 Å². The molecule has 3 aliphatic rings. The van der Waals surface area contributed by atoms with Gasteiger partial charge in [0.15, 0.2) is 0 Å². The molecule has 0 saturated carbocycles. The largest absolute Gasteiger partial charge is 0.363 e. The molecule has 0 saturated heterocycles. The Morgan fingerprint density at radius 3 is 1.85 bits per heavy atom. The van der Waals surface area contributed by atoms with Gasteiger partial charge in [0, 0.05) is 51.3 Å². The Balaban J connectivity index is 1.05. The van der Waals surface area contributed by atoms with Crippen LogP contribution in [0.2, 0.25) is 0 Å². The molecular weight excluding hydrogens is 789 g/mol. The zero-order chi connectivity index (χ0) is 41.5. The van der Waals surface area contributed by atoms with Crippen LogP contribution in [0, 0.1) is 5.92 Å². The lowest BCUT2D eigenvalue weighted by atomic mass is 9.82. The van der Waals surface area contributed by atoms with Gasteiger partial charge in [0.05, 0.1) is 12.1 Å². The molecule has 0 bridgehead atoms. The molecule has 2 aromatic heterocycles. The van der Waals surface area contributed by atoms with Crippen molar-refractivity contribution in [1.82, 2.24) is 5.32 Å². The van der Waals surface area contributed by atoms with E-state index < -0.39 is 0 Å². The fraction of sp³-hybridized carbons (Fsp3) is 0.190. The van der Waals surface area contributed by atoms with Gasteiger partial charge in [-0.05, 0) is 141 Å². The second-order valence-corrected chi connectivity index (χ2v) is 20.3. The summed E-state index contributed by atoms with van der Waals surface area (Å²) in [5, 5.41) is 9.40. The molecule has 2 nitrogen and oxygen atoms in total. The number of nitrogens with zero attached hydrogens (tertiary/aromatic N) is 1. The molecule has 3 unspecified atom stereocenters. The summed E-state index contributed by atoms with van der Waals surface area (Å²) in [6.07, 6.45) is 11.4. The predicted octanol–water partition coefficient (Wildman–Crippen LogP) is 16.2. The first-order valence-corrected chi connectivity index (χ1v) is 24.0. The van der Waals surface area contributed by atoms with E-state index in [0.717, 1.165) is 37.1 Å². The molecule has 1 aliphatic heterocycles. The number of benzene rings is 7. The molecule has 4 heteroatoms. The van der Waals surface area contributed by atoms with Gasteiger partial charge in [0.2, 0.25) is 0 Å². The first-order valence-electron chi connectivity index (χ1n) is 22.3. The second kappa shape index (κ2) is 14.8. The van der Waals surface area contributed by atoms with Crippen molar-refractivity contribution >= 4 is 68.9 Å². The molecule has 0 spiro atoms. The van der Waals surface area contributed by atoms with Crippen LogP contribution in [-0.2, 0) is 5.41 Å². The van der Waals surface area contributed by atoms with E-state index in [-0.39, 0.29) is 17.5 Å². The molecule has 0 amide bonds. The van der Waals surface area contributed by atoms with E-state index in [9.17, 15) is 0 Å². The van der Waals surface area contributed by atoms with Gasteiger partial charge in [-0.2, -0.15) is 0 Å². The Hall–Kier alpha value is -6.07. The van der Waals surface area contributed by atoms with Crippen LogP contribution >= 0.6 is 22.7 Å². The predicted molar refractivity (Wildman–Crippen MR) is 268 cm³/mol. The van der Waals surface area contributed by atoms with E-state index in [1.54, 1.807) is 0 Å². The van der Waals surface area contributed by atoms with Crippen LogP contribution in [0.4, 0.5) is 0 Å². The normalized spacial score (nSPS) is 19.3. The minimum Gasteiger partial charge on any atom is -0.363 e. The highest BCUT2D eigenvalue weighted by Crippen LogP contribution is 2.49.